The second kappa shape index (κ2) is 9.26. The molecular formula is C21H17ClN4OS2. The summed E-state index contributed by atoms with van der Waals surface area (Å²) in [6.07, 6.45) is 1.64. The molecule has 0 atom stereocenters. The van der Waals surface area contributed by atoms with Crippen molar-refractivity contribution in [3.05, 3.63) is 81.5 Å². The standard InChI is InChI=1S/C21H17ClN4OS2/c22-17-8-2-1-6-15(17)13-26-19-10-4-3-9-18(19)24-21(26)29-14-20(27)25-23-12-16-7-5-11-28-16/h1-12H,13-14H2,(H,25,27)/b23-12-. The molecule has 5 nitrogen and oxygen atoms in total. The summed E-state index contributed by atoms with van der Waals surface area (Å²) in [5, 5.41) is 7.44. The van der Waals surface area contributed by atoms with Gasteiger partial charge in [-0.25, -0.2) is 10.4 Å². The van der Waals surface area contributed by atoms with Crippen molar-refractivity contribution in [2.75, 3.05) is 5.75 Å². The molecule has 2 heterocycles. The van der Waals surface area contributed by atoms with Crippen LogP contribution in [0.1, 0.15) is 10.4 Å². The highest BCUT2D eigenvalue weighted by atomic mass is 35.5. The number of rotatable bonds is 7. The average molecular weight is 441 g/mol. The number of benzene rings is 2. The van der Waals surface area contributed by atoms with E-state index >= 15 is 0 Å². The van der Waals surface area contributed by atoms with Crippen LogP contribution in [0.15, 0.2) is 76.3 Å². The summed E-state index contributed by atoms with van der Waals surface area (Å²) in [4.78, 5) is 17.9. The minimum Gasteiger partial charge on any atom is -0.314 e. The summed E-state index contributed by atoms with van der Waals surface area (Å²) in [5.41, 5.74) is 5.46. The number of thiophene rings is 1. The summed E-state index contributed by atoms with van der Waals surface area (Å²) >= 11 is 9.29. The Hall–Kier alpha value is -2.61. The first-order valence-corrected chi connectivity index (χ1v) is 11.1. The third kappa shape index (κ3) is 4.87. The quantitative estimate of drug-likeness (QED) is 0.249. The van der Waals surface area contributed by atoms with Gasteiger partial charge in [-0.1, -0.05) is 59.8 Å². The van der Waals surface area contributed by atoms with Crippen molar-refractivity contribution in [3.8, 4) is 0 Å². The van der Waals surface area contributed by atoms with E-state index in [0.29, 0.717) is 11.6 Å². The number of fused-ring (bicyclic) bond motifs is 1. The monoisotopic (exact) mass is 440 g/mol. The van der Waals surface area contributed by atoms with Crippen molar-refractivity contribution in [3.63, 3.8) is 0 Å². The van der Waals surface area contributed by atoms with Crippen molar-refractivity contribution in [2.24, 2.45) is 5.10 Å². The summed E-state index contributed by atoms with van der Waals surface area (Å²) in [7, 11) is 0. The molecule has 2 aromatic heterocycles. The van der Waals surface area contributed by atoms with Crippen LogP contribution >= 0.6 is 34.7 Å². The molecule has 0 aliphatic heterocycles. The number of hydrogen-bond acceptors (Lipinski definition) is 5. The van der Waals surface area contributed by atoms with Gasteiger partial charge in [-0.3, -0.25) is 4.79 Å². The van der Waals surface area contributed by atoms with Gasteiger partial charge in [-0.05, 0) is 35.2 Å². The molecule has 0 saturated carbocycles. The lowest BCUT2D eigenvalue weighted by Crippen LogP contribution is -2.20. The SMILES string of the molecule is O=C(CSc1nc2ccccc2n1Cc1ccccc1Cl)N/N=C\c1cccs1. The Morgan fingerprint density at radius 3 is 2.83 bits per heavy atom. The summed E-state index contributed by atoms with van der Waals surface area (Å²) in [6.45, 7) is 0.584. The van der Waals surface area contributed by atoms with Crippen LogP contribution < -0.4 is 5.43 Å². The van der Waals surface area contributed by atoms with Gasteiger partial charge in [0.15, 0.2) is 5.16 Å². The molecule has 8 heteroatoms. The number of imidazole rings is 1. The summed E-state index contributed by atoms with van der Waals surface area (Å²) in [5.74, 6) is 0.0346. The topological polar surface area (TPSA) is 59.3 Å². The number of carbonyl (C=O) groups excluding carboxylic acids is 1. The molecule has 29 heavy (non-hydrogen) atoms. The number of nitrogens with zero attached hydrogens (tertiary/aromatic N) is 3. The zero-order valence-electron chi connectivity index (χ0n) is 15.3. The number of hydrogen-bond donors (Lipinski definition) is 1. The van der Waals surface area contributed by atoms with Crippen LogP contribution in [0.5, 0.6) is 0 Å². The Labute approximate surface area is 181 Å². The number of carbonyl (C=O) groups is 1. The highest BCUT2D eigenvalue weighted by molar-refractivity contribution is 7.99. The molecule has 0 radical (unpaired) electrons. The number of halogens is 1. The molecule has 2 aromatic carbocycles. The molecule has 4 rings (SSSR count). The Morgan fingerprint density at radius 2 is 2.00 bits per heavy atom. The van der Waals surface area contributed by atoms with E-state index in [1.807, 2.05) is 66.0 Å². The van der Waals surface area contributed by atoms with Gasteiger partial charge < -0.3 is 4.57 Å². The normalized spacial score (nSPS) is 11.3. The van der Waals surface area contributed by atoms with E-state index in [2.05, 4.69) is 15.1 Å². The zero-order chi connectivity index (χ0) is 20.1. The second-order valence-electron chi connectivity index (χ2n) is 6.16. The fraction of sp³-hybridized carbons (Fsp3) is 0.0952. The van der Waals surface area contributed by atoms with Gasteiger partial charge in [-0.15, -0.1) is 11.3 Å². The lowest BCUT2D eigenvalue weighted by molar-refractivity contribution is -0.118. The highest BCUT2D eigenvalue weighted by Crippen LogP contribution is 2.27. The largest absolute Gasteiger partial charge is 0.314 e. The molecule has 4 aromatic rings. The first kappa shape index (κ1) is 19.7. The smallest absolute Gasteiger partial charge is 0.250 e. The highest BCUT2D eigenvalue weighted by Gasteiger charge is 2.14. The fourth-order valence-corrected chi connectivity index (χ4v) is 4.40. The van der Waals surface area contributed by atoms with Crippen molar-refractivity contribution in [2.45, 2.75) is 11.7 Å². The van der Waals surface area contributed by atoms with Gasteiger partial charge in [-0.2, -0.15) is 5.10 Å². The first-order chi connectivity index (χ1) is 14.2. The molecule has 0 spiro atoms. The van der Waals surface area contributed by atoms with Crippen LogP contribution in [-0.4, -0.2) is 27.4 Å². The third-order valence-corrected chi connectivity index (χ3v) is 6.31. The molecule has 0 unspecified atom stereocenters. The van der Waals surface area contributed by atoms with Crippen molar-refractivity contribution >= 4 is 57.9 Å². The number of aromatic nitrogens is 2. The third-order valence-electron chi connectivity index (χ3n) is 4.16. The molecule has 0 saturated heterocycles. The molecule has 0 fully saturated rings. The summed E-state index contributed by atoms with van der Waals surface area (Å²) < 4.78 is 2.09. The van der Waals surface area contributed by atoms with Gasteiger partial charge in [0.25, 0.3) is 5.91 Å². The van der Waals surface area contributed by atoms with Gasteiger partial charge in [0.2, 0.25) is 0 Å². The fourth-order valence-electron chi connectivity index (χ4n) is 2.81. The van der Waals surface area contributed by atoms with Gasteiger partial charge in [0.1, 0.15) is 0 Å². The second-order valence-corrected chi connectivity index (χ2v) is 8.49. The van der Waals surface area contributed by atoms with E-state index in [9.17, 15) is 4.79 Å². The van der Waals surface area contributed by atoms with Crippen LogP contribution in [0.25, 0.3) is 11.0 Å². The number of nitrogens with one attached hydrogen (secondary N) is 1. The molecule has 1 N–H and O–H groups in total. The van der Waals surface area contributed by atoms with Crippen LogP contribution in [0.4, 0.5) is 0 Å². The maximum Gasteiger partial charge on any atom is 0.250 e. The van der Waals surface area contributed by atoms with Crippen LogP contribution in [0.3, 0.4) is 0 Å². The lowest BCUT2D eigenvalue weighted by Gasteiger charge is -2.10. The van der Waals surface area contributed by atoms with E-state index < -0.39 is 0 Å². The van der Waals surface area contributed by atoms with Crippen LogP contribution in [-0.2, 0) is 11.3 Å². The number of hydrazone groups is 1. The predicted molar refractivity (Wildman–Crippen MR) is 121 cm³/mol. The van der Waals surface area contributed by atoms with Gasteiger partial charge >= 0.3 is 0 Å². The lowest BCUT2D eigenvalue weighted by atomic mass is 10.2. The predicted octanol–water partition coefficient (Wildman–Crippen LogP) is 5.04. The van der Waals surface area contributed by atoms with Gasteiger partial charge in [0, 0.05) is 9.90 Å². The molecule has 1 amide bonds. The Kier molecular flexibility index (Phi) is 6.29. The van der Waals surface area contributed by atoms with E-state index in [4.69, 9.17) is 16.6 Å². The van der Waals surface area contributed by atoms with E-state index in [1.165, 1.54) is 11.8 Å². The molecule has 0 aliphatic rings. The molecule has 146 valence electrons. The maximum atomic E-state index is 12.2. The minimum atomic E-state index is -0.181. The van der Waals surface area contributed by atoms with Crippen molar-refractivity contribution < 1.29 is 4.79 Å². The Bertz CT molecular complexity index is 1150. The van der Waals surface area contributed by atoms with Crippen LogP contribution in [0.2, 0.25) is 5.02 Å². The Balaban J connectivity index is 1.49. The molecule has 0 aliphatic carbocycles. The zero-order valence-corrected chi connectivity index (χ0v) is 17.7. The Morgan fingerprint density at radius 1 is 1.17 bits per heavy atom. The van der Waals surface area contributed by atoms with E-state index in [1.54, 1.807) is 17.6 Å². The molecular weight excluding hydrogens is 424 g/mol. The maximum absolute atomic E-state index is 12.2. The minimum absolute atomic E-state index is 0.181. The summed E-state index contributed by atoms with van der Waals surface area (Å²) in [6, 6.07) is 19.5. The number of thioether (sulfide) groups is 1. The van der Waals surface area contributed by atoms with Crippen LogP contribution in [0, 0.1) is 0 Å². The van der Waals surface area contributed by atoms with Gasteiger partial charge in [0.05, 0.1) is 29.5 Å². The first-order valence-electron chi connectivity index (χ1n) is 8.87. The van der Waals surface area contributed by atoms with E-state index in [-0.39, 0.29) is 11.7 Å². The average Bonchev–Trinajstić information content (AvgIpc) is 3.36. The molecule has 0 bridgehead atoms. The van der Waals surface area contributed by atoms with Crippen molar-refractivity contribution in [1.82, 2.24) is 15.0 Å². The number of amides is 1. The number of para-hydroxylation sites is 2. The van der Waals surface area contributed by atoms with E-state index in [0.717, 1.165) is 26.6 Å². The van der Waals surface area contributed by atoms with Crippen molar-refractivity contribution in [1.29, 1.82) is 0 Å².